The van der Waals surface area contributed by atoms with Gasteiger partial charge in [-0.1, -0.05) is 0 Å². The molecule has 98 valence electrons. The van der Waals surface area contributed by atoms with Gasteiger partial charge >= 0.3 is 5.97 Å². The molecular weight excluding hydrogens is 254 g/mol. The molecule has 1 aromatic heterocycles. The minimum absolute atomic E-state index is 0.0108. The Morgan fingerprint density at radius 2 is 2.33 bits per heavy atom. The van der Waals surface area contributed by atoms with Crippen molar-refractivity contribution in [3.8, 4) is 0 Å². The molecule has 18 heavy (non-hydrogen) atoms. The van der Waals surface area contributed by atoms with Crippen LogP contribution in [0.2, 0.25) is 0 Å². The molecule has 1 aliphatic rings. The lowest BCUT2D eigenvalue weighted by Crippen LogP contribution is -2.36. The number of amides is 1. The Balaban J connectivity index is 2.19. The number of nitrogens with zero attached hydrogens (tertiary/aromatic N) is 1. The number of carbonyl (C=O) groups excluding carboxylic acids is 1. The lowest BCUT2D eigenvalue weighted by atomic mass is 10.2. The first-order valence-corrected chi connectivity index (χ1v) is 6.69. The summed E-state index contributed by atoms with van der Waals surface area (Å²) in [6, 6.07) is 1.58. The summed E-state index contributed by atoms with van der Waals surface area (Å²) in [6.07, 6.45) is 0.770. The molecule has 2 heterocycles. The Labute approximate surface area is 109 Å². The molecular formula is C12H15NO4S. The Morgan fingerprint density at radius 3 is 3.06 bits per heavy atom. The number of carboxylic acid groups (broad SMARTS) is 1. The smallest absolute Gasteiger partial charge is 0.346 e. The zero-order valence-corrected chi connectivity index (χ0v) is 10.9. The van der Waals surface area contributed by atoms with E-state index in [4.69, 9.17) is 9.84 Å². The van der Waals surface area contributed by atoms with Crippen molar-refractivity contribution in [1.82, 2.24) is 4.90 Å². The van der Waals surface area contributed by atoms with E-state index >= 15 is 0 Å². The van der Waals surface area contributed by atoms with Crippen molar-refractivity contribution in [3.63, 3.8) is 0 Å². The van der Waals surface area contributed by atoms with E-state index in [0.717, 1.165) is 17.8 Å². The maximum Gasteiger partial charge on any atom is 0.346 e. The topological polar surface area (TPSA) is 66.8 Å². The molecule has 0 bridgehead atoms. The van der Waals surface area contributed by atoms with Gasteiger partial charge in [-0.2, -0.15) is 0 Å². The second-order valence-electron chi connectivity index (χ2n) is 4.25. The number of rotatable bonds is 2. The van der Waals surface area contributed by atoms with Crippen LogP contribution in [0.1, 0.15) is 33.4 Å². The van der Waals surface area contributed by atoms with E-state index in [1.54, 1.807) is 16.3 Å². The van der Waals surface area contributed by atoms with Gasteiger partial charge in [-0.15, -0.1) is 11.3 Å². The zero-order valence-electron chi connectivity index (χ0n) is 10.1. The van der Waals surface area contributed by atoms with E-state index in [0.29, 0.717) is 19.7 Å². The molecule has 1 N–H and O–H groups in total. The monoisotopic (exact) mass is 269 g/mol. The summed E-state index contributed by atoms with van der Waals surface area (Å²) in [6.45, 7) is 3.67. The average molecular weight is 269 g/mol. The van der Waals surface area contributed by atoms with Crippen molar-refractivity contribution < 1.29 is 19.4 Å². The molecule has 1 fully saturated rings. The van der Waals surface area contributed by atoms with Gasteiger partial charge in [0.15, 0.2) is 0 Å². The van der Waals surface area contributed by atoms with Crippen LogP contribution < -0.4 is 0 Å². The predicted molar refractivity (Wildman–Crippen MR) is 67.2 cm³/mol. The number of hydrogen-bond acceptors (Lipinski definition) is 4. The minimum Gasteiger partial charge on any atom is -0.477 e. The lowest BCUT2D eigenvalue weighted by molar-refractivity contribution is 0.0558. The number of ether oxygens (including phenoxy) is 1. The molecule has 0 radical (unpaired) electrons. The standard InChI is InChI=1S/C12H15NO4S/c1-8-7-13(4-2-5-17-8)11(14)9-3-6-18-10(9)12(15)16/h3,6,8H,2,4-5,7H2,1H3,(H,15,16). The lowest BCUT2D eigenvalue weighted by Gasteiger charge is -2.21. The van der Waals surface area contributed by atoms with Gasteiger partial charge in [0.1, 0.15) is 4.88 Å². The summed E-state index contributed by atoms with van der Waals surface area (Å²) in [5, 5.41) is 10.7. The van der Waals surface area contributed by atoms with Gasteiger partial charge < -0.3 is 14.7 Å². The van der Waals surface area contributed by atoms with E-state index in [1.165, 1.54) is 0 Å². The Morgan fingerprint density at radius 1 is 1.56 bits per heavy atom. The molecule has 1 aromatic rings. The summed E-state index contributed by atoms with van der Waals surface area (Å²) < 4.78 is 5.47. The van der Waals surface area contributed by atoms with Crippen molar-refractivity contribution >= 4 is 23.2 Å². The molecule has 1 saturated heterocycles. The fourth-order valence-corrected chi connectivity index (χ4v) is 2.72. The van der Waals surface area contributed by atoms with Gasteiger partial charge in [0.25, 0.3) is 5.91 Å². The van der Waals surface area contributed by atoms with Gasteiger partial charge in [-0.3, -0.25) is 4.79 Å². The van der Waals surface area contributed by atoms with Crippen molar-refractivity contribution in [1.29, 1.82) is 0 Å². The van der Waals surface area contributed by atoms with Crippen molar-refractivity contribution in [2.75, 3.05) is 19.7 Å². The van der Waals surface area contributed by atoms with Gasteiger partial charge in [0, 0.05) is 19.7 Å². The highest BCUT2D eigenvalue weighted by Gasteiger charge is 2.25. The molecule has 0 saturated carbocycles. The molecule has 5 nitrogen and oxygen atoms in total. The van der Waals surface area contributed by atoms with Crippen LogP contribution in [0.4, 0.5) is 0 Å². The maximum absolute atomic E-state index is 12.3. The molecule has 0 aliphatic carbocycles. The Bertz CT molecular complexity index is 457. The summed E-state index contributed by atoms with van der Waals surface area (Å²) in [5.74, 6) is -1.27. The van der Waals surface area contributed by atoms with Crippen LogP contribution in [0, 0.1) is 0 Å². The van der Waals surface area contributed by atoms with Crippen molar-refractivity contribution in [2.45, 2.75) is 19.4 Å². The summed E-state index contributed by atoms with van der Waals surface area (Å²) in [4.78, 5) is 25.1. The molecule has 1 atom stereocenters. The first kappa shape index (κ1) is 13.0. The highest BCUT2D eigenvalue weighted by molar-refractivity contribution is 7.12. The van der Waals surface area contributed by atoms with Crippen LogP contribution in [-0.2, 0) is 4.74 Å². The molecule has 6 heteroatoms. The van der Waals surface area contributed by atoms with E-state index in [2.05, 4.69) is 0 Å². The number of hydrogen-bond donors (Lipinski definition) is 1. The summed E-state index contributed by atoms with van der Waals surface area (Å²) in [5.41, 5.74) is 0.279. The SMILES string of the molecule is CC1CN(C(=O)c2ccsc2C(=O)O)CCCO1. The number of carboxylic acids is 1. The average Bonchev–Trinajstić information content (AvgIpc) is 2.72. The number of thiophene rings is 1. The predicted octanol–water partition coefficient (Wildman–Crippen LogP) is 1.70. The summed E-state index contributed by atoms with van der Waals surface area (Å²) >= 11 is 1.08. The van der Waals surface area contributed by atoms with Crippen molar-refractivity contribution in [3.05, 3.63) is 21.9 Å². The molecule has 1 unspecified atom stereocenters. The van der Waals surface area contributed by atoms with E-state index in [-0.39, 0.29) is 22.5 Å². The number of aromatic carboxylic acids is 1. The Kier molecular flexibility index (Phi) is 3.98. The van der Waals surface area contributed by atoms with E-state index in [1.807, 2.05) is 6.92 Å². The van der Waals surface area contributed by atoms with Gasteiger partial charge in [0.2, 0.25) is 0 Å². The fraction of sp³-hybridized carbons (Fsp3) is 0.500. The van der Waals surface area contributed by atoms with Crippen LogP contribution in [0.25, 0.3) is 0 Å². The molecule has 2 rings (SSSR count). The van der Waals surface area contributed by atoms with Crippen LogP contribution in [0.3, 0.4) is 0 Å². The first-order valence-electron chi connectivity index (χ1n) is 5.81. The van der Waals surface area contributed by atoms with Gasteiger partial charge in [-0.05, 0) is 24.8 Å². The van der Waals surface area contributed by atoms with Crippen LogP contribution >= 0.6 is 11.3 Å². The van der Waals surface area contributed by atoms with Gasteiger partial charge in [-0.25, -0.2) is 4.79 Å². The molecule has 0 spiro atoms. The largest absolute Gasteiger partial charge is 0.477 e. The second kappa shape index (κ2) is 5.49. The van der Waals surface area contributed by atoms with Crippen LogP contribution in [0.5, 0.6) is 0 Å². The Hall–Kier alpha value is -1.40. The van der Waals surface area contributed by atoms with E-state index in [9.17, 15) is 9.59 Å². The zero-order chi connectivity index (χ0) is 13.1. The minimum atomic E-state index is -1.05. The number of carbonyl (C=O) groups is 2. The third-order valence-electron chi connectivity index (χ3n) is 2.83. The van der Waals surface area contributed by atoms with Crippen molar-refractivity contribution in [2.24, 2.45) is 0 Å². The van der Waals surface area contributed by atoms with Gasteiger partial charge in [0.05, 0.1) is 11.7 Å². The molecule has 0 aromatic carbocycles. The first-order chi connectivity index (χ1) is 8.59. The summed E-state index contributed by atoms with van der Waals surface area (Å²) in [7, 11) is 0. The van der Waals surface area contributed by atoms with E-state index < -0.39 is 5.97 Å². The molecule has 1 amide bonds. The second-order valence-corrected chi connectivity index (χ2v) is 5.17. The third kappa shape index (κ3) is 2.70. The highest BCUT2D eigenvalue weighted by atomic mass is 32.1. The fourth-order valence-electron chi connectivity index (χ4n) is 1.99. The third-order valence-corrected chi connectivity index (χ3v) is 3.73. The van der Waals surface area contributed by atoms with Crippen LogP contribution in [-0.4, -0.2) is 47.7 Å². The normalized spacial score (nSPS) is 20.5. The quantitative estimate of drug-likeness (QED) is 0.887. The van der Waals surface area contributed by atoms with Crippen LogP contribution in [0.15, 0.2) is 11.4 Å². The highest BCUT2D eigenvalue weighted by Crippen LogP contribution is 2.20. The maximum atomic E-state index is 12.3. The molecule has 1 aliphatic heterocycles.